The molecule has 5 nitrogen and oxygen atoms in total. The van der Waals surface area contributed by atoms with Crippen LogP contribution in [0.25, 0.3) is 0 Å². The molecule has 1 aliphatic heterocycles. The molecule has 6 heteroatoms. The van der Waals surface area contributed by atoms with Crippen LogP contribution in [0.1, 0.15) is 25.8 Å². The van der Waals surface area contributed by atoms with Crippen molar-refractivity contribution < 1.29 is 14.6 Å². The van der Waals surface area contributed by atoms with E-state index in [-0.39, 0.29) is 23.6 Å². The Bertz CT molecular complexity index is 683. The average molecular weight is 365 g/mol. The van der Waals surface area contributed by atoms with Crippen LogP contribution in [0.2, 0.25) is 5.02 Å². The number of rotatable bonds is 7. The van der Waals surface area contributed by atoms with Gasteiger partial charge in [-0.2, -0.15) is 0 Å². The van der Waals surface area contributed by atoms with Crippen molar-refractivity contribution in [1.82, 2.24) is 10.2 Å². The highest BCUT2D eigenvalue weighted by Gasteiger charge is 2.24. The number of hydrogen-bond donors (Lipinski definition) is 2. The lowest BCUT2D eigenvalue weighted by atomic mass is 9.98. The van der Waals surface area contributed by atoms with Crippen LogP contribution in [0, 0.1) is 0 Å². The molecule has 0 unspecified atom stereocenters. The quantitative estimate of drug-likeness (QED) is 0.779. The van der Waals surface area contributed by atoms with Gasteiger partial charge in [-0.25, -0.2) is 0 Å². The Balaban J connectivity index is 1.91. The topological polar surface area (TPSA) is 61.8 Å². The van der Waals surface area contributed by atoms with Gasteiger partial charge in [0.05, 0.1) is 6.42 Å². The van der Waals surface area contributed by atoms with Crippen molar-refractivity contribution in [2.45, 2.75) is 32.2 Å². The molecule has 0 saturated heterocycles. The van der Waals surface area contributed by atoms with Crippen molar-refractivity contribution in [1.29, 1.82) is 0 Å². The van der Waals surface area contributed by atoms with Crippen LogP contribution in [0.5, 0.6) is 5.75 Å². The van der Waals surface area contributed by atoms with Gasteiger partial charge in [-0.15, -0.1) is 0 Å². The Labute approximate surface area is 153 Å². The molecule has 0 aliphatic carbocycles. The lowest BCUT2D eigenvalue weighted by Crippen LogP contribution is -2.42. The van der Waals surface area contributed by atoms with Crippen LogP contribution in [-0.2, 0) is 16.0 Å². The van der Waals surface area contributed by atoms with E-state index in [2.05, 4.69) is 24.1 Å². The van der Waals surface area contributed by atoms with E-state index < -0.39 is 0 Å². The van der Waals surface area contributed by atoms with Crippen LogP contribution in [-0.4, -0.2) is 41.7 Å². The Morgan fingerprint density at radius 2 is 2.20 bits per heavy atom. The van der Waals surface area contributed by atoms with Gasteiger partial charge in [-0.05, 0) is 50.6 Å². The van der Waals surface area contributed by atoms with E-state index in [0.717, 1.165) is 12.1 Å². The van der Waals surface area contributed by atoms with Gasteiger partial charge >= 0.3 is 0 Å². The zero-order valence-electron chi connectivity index (χ0n) is 14.9. The second-order valence-electron chi connectivity index (χ2n) is 6.68. The number of hydrogen-bond acceptors (Lipinski definition) is 4. The summed E-state index contributed by atoms with van der Waals surface area (Å²) in [5, 5.41) is 13.2. The molecular weight excluding hydrogens is 340 g/mol. The van der Waals surface area contributed by atoms with Gasteiger partial charge in [-0.3, -0.25) is 4.79 Å². The molecule has 0 radical (unpaired) electrons. The van der Waals surface area contributed by atoms with Crippen LogP contribution in [0.15, 0.2) is 42.2 Å². The number of carbonyl (C=O) groups excluding carboxylic acids is 1. The van der Waals surface area contributed by atoms with Crippen LogP contribution >= 0.6 is 11.6 Å². The third-order valence-electron chi connectivity index (χ3n) is 4.31. The molecule has 0 aromatic heterocycles. The van der Waals surface area contributed by atoms with Crippen LogP contribution in [0.4, 0.5) is 0 Å². The zero-order valence-corrected chi connectivity index (χ0v) is 15.6. The average Bonchev–Trinajstić information content (AvgIpc) is 2.57. The van der Waals surface area contributed by atoms with Crippen molar-refractivity contribution in [3.05, 3.63) is 52.8 Å². The number of nitrogens with zero attached hydrogens (tertiary/aromatic N) is 1. The normalized spacial score (nSPS) is 14.4. The van der Waals surface area contributed by atoms with Gasteiger partial charge in [0.1, 0.15) is 5.75 Å². The molecule has 136 valence electrons. The van der Waals surface area contributed by atoms with Crippen molar-refractivity contribution in [2.24, 2.45) is 0 Å². The first kappa shape index (κ1) is 19.3. The molecule has 0 atom stereocenters. The van der Waals surface area contributed by atoms with Gasteiger partial charge in [0.25, 0.3) is 0 Å². The van der Waals surface area contributed by atoms with Crippen molar-refractivity contribution >= 4 is 17.5 Å². The predicted molar refractivity (Wildman–Crippen MR) is 99.5 cm³/mol. The third kappa shape index (κ3) is 5.51. The smallest absolute Gasteiger partial charge is 0.228 e. The Morgan fingerprint density at radius 3 is 2.84 bits per heavy atom. The predicted octanol–water partition coefficient (Wildman–Crippen LogP) is 3.23. The molecule has 2 N–H and O–H groups in total. The molecule has 0 spiro atoms. The number of aromatic hydroxyl groups is 1. The lowest BCUT2D eigenvalue weighted by Gasteiger charge is -2.38. The van der Waals surface area contributed by atoms with E-state index in [1.54, 1.807) is 19.2 Å². The fraction of sp³-hybridized carbons (Fsp3) is 0.421. The SMILES string of the molecule is COCCC(C)(C)N1C=CC(NC(=O)Cc2cc(Cl)ccc2O)=CC1. The summed E-state index contributed by atoms with van der Waals surface area (Å²) in [6.45, 7) is 5.74. The summed E-state index contributed by atoms with van der Waals surface area (Å²) >= 11 is 5.91. The Morgan fingerprint density at radius 1 is 1.44 bits per heavy atom. The molecule has 1 aromatic carbocycles. The molecule has 25 heavy (non-hydrogen) atoms. The van der Waals surface area contributed by atoms with Crippen LogP contribution in [0.3, 0.4) is 0 Å². The fourth-order valence-corrected chi connectivity index (χ4v) is 2.80. The number of methoxy groups -OCH3 is 1. The maximum absolute atomic E-state index is 12.2. The first-order valence-corrected chi connectivity index (χ1v) is 8.61. The number of halogens is 1. The van der Waals surface area contributed by atoms with Gasteiger partial charge in [0.15, 0.2) is 0 Å². The highest BCUT2D eigenvalue weighted by molar-refractivity contribution is 6.30. The number of nitrogens with one attached hydrogen (secondary N) is 1. The summed E-state index contributed by atoms with van der Waals surface area (Å²) in [4.78, 5) is 14.4. The highest BCUT2D eigenvalue weighted by atomic mass is 35.5. The fourth-order valence-electron chi connectivity index (χ4n) is 2.61. The van der Waals surface area contributed by atoms with Gasteiger partial charge in [0.2, 0.25) is 5.91 Å². The van der Waals surface area contributed by atoms with E-state index in [9.17, 15) is 9.90 Å². The summed E-state index contributed by atoms with van der Waals surface area (Å²) < 4.78 is 5.16. The monoisotopic (exact) mass is 364 g/mol. The number of phenols is 1. The van der Waals surface area contributed by atoms with E-state index in [1.807, 2.05) is 18.4 Å². The second-order valence-corrected chi connectivity index (χ2v) is 7.12. The maximum Gasteiger partial charge on any atom is 0.228 e. The minimum atomic E-state index is -0.194. The molecule has 1 amide bonds. The molecule has 0 fully saturated rings. The number of carbonyl (C=O) groups is 1. The summed E-state index contributed by atoms with van der Waals surface area (Å²) in [6.07, 6.45) is 6.83. The van der Waals surface area contributed by atoms with E-state index in [1.165, 1.54) is 6.07 Å². The minimum Gasteiger partial charge on any atom is -0.508 e. The summed E-state index contributed by atoms with van der Waals surface area (Å²) in [6, 6.07) is 4.68. The first-order chi connectivity index (χ1) is 11.8. The Kier molecular flexibility index (Phi) is 6.51. The lowest BCUT2D eigenvalue weighted by molar-refractivity contribution is -0.119. The molecule has 0 bridgehead atoms. The van der Waals surface area contributed by atoms with Gasteiger partial charge in [-0.1, -0.05) is 11.6 Å². The van der Waals surface area contributed by atoms with Crippen molar-refractivity contribution in [2.75, 3.05) is 20.3 Å². The van der Waals surface area contributed by atoms with Gasteiger partial charge in [0, 0.05) is 48.3 Å². The van der Waals surface area contributed by atoms with E-state index >= 15 is 0 Å². The molecule has 1 aromatic rings. The molecule has 2 rings (SSSR count). The molecule has 1 aliphatic rings. The van der Waals surface area contributed by atoms with Crippen LogP contribution < -0.4 is 5.32 Å². The minimum absolute atomic E-state index is 0.0227. The zero-order chi connectivity index (χ0) is 18.4. The molecule has 1 heterocycles. The van der Waals surface area contributed by atoms with Gasteiger partial charge < -0.3 is 20.1 Å². The maximum atomic E-state index is 12.2. The summed E-state index contributed by atoms with van der Waals surface area (Å²) in [5.41, 5.74) is 1.24. The number of benzene rings is 1. The third-order valence-corrected chi connectivity index (χ3v) is 4.55. The number of allylic oxidation sites excluding steroid dienone is 1. The largest absolute Gasteiger partial charge is 0.508 e. The highest BCUT2D eigenvalue weighted by Crippen LogP contribution is 2.23. The number of amides is 1. The number of phenolic OH excluding ortho intramolecular Hbond substituents is 1. The van der Waals surface area contributed by atoms with E-state index in [0.29, 0.717) is 23.7 Å². The standard InChI is InChI=1S/C19H25ClN2O3/c1-19(2,8-11-25-3)22-9-6-16(7-10-22)21-18(24)13-14-12-15(20)4-5-17(14)23/h4-7,9,12,23H,8,10-11,13H2,1-3H3,(H,21,24). The first-order valence-electron chi connectivity index (χ1n) is 8.23. The van der Waals surface area contributed by atoms with Crippen molar-refractivity contribution in [3.63, 3.8) is 0 Å². The summed E-state index contributed by atoms with van der Waals surface area (Å²) in [7, 11) is 1.70. The number of ether oxygens (including phenoxy) is 1. The molecular formula is C19H25ClN2O3. The Hall–Kier alpha value is -1.98. The van der Waals surface area contributed by atoms with E-state index in [4.69, 9.17) is 16.3 Å². The molecule has 0 saturated carbocycles. The van der Waals surface area contributed by atoms with Crippen molar-refractivity contribution in [3.8, 4) is 5.75 Å². The second kappa shape index (κ2) is 8.41. The summed E-state index contributed by atoms with van der Waals surface area (Å²) in [5.74, 6) is -0.126.